The van der Waals surface area contributed by atoms with Gasteiger partial charge in [-0.25, -0.2) is 13.6 Å². The summed E-state index contributed by atoms with van der Waals surface area (Å²) in [4.78, 5) is 11.7. The fraction of sp³-hybridized carbons (Fsp3) is 0.632. The molecule has 142 valence electrons. The molecule has 0 aliphatic heterocycles. The SMILES string of the molecule is CCCCC(CCC)COCCCNC(=O)Nc1ccc(F)cc1F. The van der Waals surface area contributed by atoms with Crippen LogP contribution in [0.4, 0.5) is 19.3 Å². The van der Waals surface area contributed by atoms with Gasteiger partial charge in [0.15, 0.2) is 0 Å². The Morgan fingerprint density at radius 3 is 2.64 bits per heavy atom. The summed E-state index contributed by atoms with van der Waals surface area (Å²) in [5.41, 5.74) is -0.0477. The monoisotopic (exact) mass is 356 g/mol. The van der Waals surface area contributed by atoms with Crippen molar-refractivity contribution in [1.29, 1.82) is 0 Å². The van der Waals surface area contributed by atoms with Gasteiger partial charge in [0, 0.05) is 25.8 Å². The van der Waals surface area contributed by atoms with Crippen LogP contribution in [0.5, 0.6) is 0 Å². The van der Waals surface area contributed by atoms with E-state index in [-0.39, 0.29) is 5.69 Å². The first-order valence-electron chi connectivity index (χ1n) is 9.14. The number of halogens is 2. The first-order chi connectivity index (χ1) is 12.1. The highest BCUT2D eigenvalue weighted by molar-refractivity contribution is 5.89. The summed E-state index contributed by atoms with van der Waals surface area (Å²) in [6, 6.07) is 2.50. The van der Waals surface area contributed by atoms with Gasteiger partial charge in [-0.15, -0.1) is 0 Å². The zero-order chi connectivity index (χ0) is 18.5. The zero-order valence-corrected chi connectivity index (χ0v) is 15.2. The third kappa shape index (κ3) is 9.39. The van der Waals surface area contributed by atoms with E-state index in [1.807, 2.05) is 0 Å². The maximum atomic E-state index is 13.4. The van der Waals surface area contributed by atoms with Crippen LogP contribution in [0.1, 0.15) is 52.4 Å². The van der Waals surface area contributed by atoms with Crippen LogP contribution in [-0.4, -0.2) is 25.8 Å². The predicted octanol–water partition coefficient (Wildman–Crippen LogP) is 5.10. The van der Waals surface area contributed by atoms with Crippen molar-refractivity contribution in [2.24, 2.45) is 5.92 Å². The number of carbonyl (C=O) groups is 1. The lowest BCUT2D eigenvalue weighted by molar-refractivity contribution is 0.0905. The van der Waals surface area contributed by atoms with Gasteiger partial charge in [0.2, 0.25) is 0 Å². The molecule has 1 rings (SSSR count). The molecule has 0 radical (unpaired) electrons. The number of unbranched alkanes of at least 4 members (excludes halogenated alkanes) is 1. The molecule has 1 unspecified atom stereocenters. The lowest BCUT2D eigenvalue weighted by Gasteiger charge is -2.16. The molecule has 0 bridgehead atoms. The van der Waals surface area contributed by atoms with Crippen LogP contribution < -0.4 is 10.6 Å². The minimum Gasteiger partial charge on any atom is -0.381 e. The second-order valence-corrected chi connectivity index (χ2v) is 6.23. The molecular weight excluding hydrogens is 326 g/mol. The number of urea groups is 1. The van der Waals surface area contributed by atoms with Crippen LogP contribution in [0, 0.1) is 17.6 Å². The molecular formula is C19H30F2N2O2. The highest BCUT2D eigenvalue weighted by Crippen LogP contribution is 2.16. The molecule has 2 N–H and O–H groups in total. The molecule has 6 heteroatoms. The number of rotatable bonds is 12. The van der Waals surface area contributed by atoms with E-state index < -0.39 is 17.7 Å². The average molecular weight is 356 g/mol. The van der Waals surface area contributed by atoms with Gasteiger partial charge in [-0.1, -0.05) is 33.1 Å². The van der Waals surface area contributed by atoms with Crippen LogP contribution in [0.3, 0.4) is 0 Å². The van der Waals surface area contributed by atoms with Gasteiger partial charge in [0.25, 0.3) is 0 Å². The van der Waals surface area contributed by atoms with Crippen molar-refractivity contribution < 1.29 is 18.3 Å². The Balaban J connectivity index is 2.14. The molecule has 0 heterocycles. The minimum atomic E-state index is -0.799. The number of carbonyl (C=O) groups excluding carboxylic acids is 1. The first kappa shape index (κ1) is 21.4. The Bertz CT molecular complexity index is 512. The van der Waals surface area contributed by atoms with Crippen molar-refractivity contribution in [2.75, 3.05) is 25.1 Å². The van der Waals surface area contributed by atoms with E-state index in [9.17, 15) is 13.6 Å². The summed E-state index contributed by atoms with van der Waals surface area (Å²) in [6.07, 6.45) is 6.67. The highest BCUT2D eigenvalue weighted by atomic mass is 19.1. The lowest BCUT2D eigenvalue weighted by atomic mass is 9.98. The molecule has 4 nitrogen and oxygen atoms in total. The minimum absolute atomic E-state index is 0.0477. The molecule has 2 amide bonds. The van der Waals surface area contributed by atoms with Crippen LogP contribution in [-0.2, 0) is 4.74 Å². The average Bonchev–Trinajstić information content (AvgIpc) is 2.58. The van der Waals surface area contributed by atoms with Crippen LogP contribution in [0.15, 0.2) is 18.2 Å². The molecule has 0 spiro atoms. The number of ether oxygens (including phenoxy) is 1. The number of amides is 2. The summed E-state index contributed by atoms with van der Waals surface area (Å²) in [5.74, 6) is -0.865. The Morgan fingerprint density at radius 1 is 1.16 bits per heavy atom. The van der Waals surface area contributed by atoms with Crippen LogP contribution >= 0.6 is 0 Å². The maximum absolute atomic E-state index is 13.4. The molecule has 0 aliphatic carbocycles. The molecule has 0 saturated carbocycles. The van der Waals surface area contributed by atoms with E-state index >= 15 is 0 Å². The van der Waals surface area contributed by atoms with E-state index in [0.717, 1.165) is 18.7 Å². The predicted molar refractivity (Wildman–Crippen MR) is 96.7 cm³/mol. The molecule has 1 atom stereocenters. The third-order valence-corrected chi connectivity index (χ3v) is 3.95. The van der Waals surface area contributed by atoms with Gasteiger partial charge in [-0.3, -0.25) is 0 Å². The number of benzene rings is 1. The normalized spacial score (nSPS) is 12.0. The van der Waals surface area contributed by atoms with Gasteiger partial charge in [-0.05, 0) is 37.3 Å². The molecule has 0 saturated heterocycles. The van der Waals surface area contributed by atoms with E-state index in [1.54, 1.807) is 0 Å². The molecule has 1 aromatic carbocycles. The number of hydrogen-bond acceptors (Lipinski definition) is 2. The molecule has 0 fully saturated rings. The second-order valence-electron chi connectivity index (χ2n) is 6.23. The Morgan fingerprint density at radius 2 is 1.96 bits per heavy atom. The van der Waals surface area contributed by atoms with Gasteiger partial charge in [0.05, 0.1) is 5.69 Å². The number of hydrogen-bond donors (Lipinski definition) is 2. The molecule has 0 aliphatic rings. The molecule has 1 aromatic rings. The topological polar surface area (TPSA) is 50.4 Å². The van der Waals surface area contributed by atoms with Crippen molar-refractivity contribution >= 4 is 11.7 Å². The largest absolute Gasteiger partial charge is 0.381 e. The fourth-order valence-electron chi connectivity index (χ4n) is 2.60. The molecule has 25 heavy (non-hydrogen) atoms. The van der Waals surface area contributed by atoms with Gasteiger partial charge in [0.1, 0.15) is 11.6 Å². The van der Waals surface area contributed by atoms with Crippen molar-refractivity contribution in [2.45, 2.75) is 52.4 Å². The zero-order valence-electron chi connectivity index (χ0n) is 15.2. The fourth-order valence-corrected chi connectivity index (χ4v) is 2.60. The Kier molecular flexibility index (Phi) is 10.8. The lowest BCUT2D eigenvalue weighted by Crippen LogP contribution is -2.30. The van der Waals surface area contributed by atoms with Crippen molar-refractivity contribution in [3.05, 3.63) is 29.8 Å². The smallest absolute Gasteiger partial charge is 0.319 e. The Hall–Kier alpha value is -1.69. The van der Waals surface area contributed by atoms with Crippen LogP contribution in [0.2, 0.25) is 0 Å². The number of anilines is 1. The summed E-state index contributed by atoms with van der Waals surface area (Å²) in [7, 11) is 0. The standard InChI is InChI=1S/C19H30F2N2O2/c1-3-5-8-15(7-4-2)14-25-12-6-11-22-19(24)23-18-10-9-16(20)13-17(18)21/h9-10,13,15H,3-8,11-12,14H2,1-2H3,(H2,22,23,24). The summed E-state index contributed by atoms with van der Waals surface area (Å²) >= 11 is 0. The number of nitrogens with one attached hydrogen (secondary N) is 2. The van der Waals surface area contributed by atoms with E-state index in [4.69, 9.17) is 4.74 Å². The summed E-state index contributed by atoms with van der Waals surface area (Å²) in [6.45, 7) is 6.16. The van der Waals surface area contributed by atoms with Gasteiger partial charge in [-0.2, -0.15) is 0 Å². The van der Waals surface area contributed by atoms with Crippen molar-refractivity contribution in [3.8, 4) is 0 Å². The van der Waals surface area contributed by atoms with Crippen molar-refractivity contribution in [1.82, 2.24) is 5.32 Å². The first-order valence-corrected chi connectivity index (χ1v) is 9.14. The second kappa shape index (κ2) is 12.6. The van der Waals surface area contributed by atoms with E-state index in [1.165, 1.54) is 38.2 Å². The third-order valence-electron chi connectivity index (χ3n) is 3.95. The summed E-state index contributed by atoms with van der Waals surface area (Å²) in [5, 5.41) is 4.98. The Labute approximate surface area is 149 Å². The highest BCUT2D eigenvalue weighted by Gasteiger charge is 2.08. The van der Waals surface area contributed by atoms with Gasteiger partial charge >= 0.3 is 6.03 Å². The molecule has 0 aromatic heterocycles. The van der Waals surface area contributed by atoms with Crippen molar-refractivity contribution in [3.63, 3.8) is 0 Å². The van der Waals surface area contributed by atoms with Crippen LogP contribution in [0.25, 0.3) is 0 Å². The summed E-state index contributed by atoms with van der Waals surface area (Å²) < 4.78 is 31.9. The van der Waals surface area contributed by atoms with E-state index in [2.05, 4.69) is 24.5 Å². The van der Waals surface area contributed by atoms with E-state index in [0.29, 0.717) is 25.5 Å². The quantitative estimate of drug-likeness (QED) is 0.512. The van der Waals surface area contributed by atoms with Gasteiger partial charge < -0.3 is 15.4 Å². The maximum Gasteiger partial charge on any atom is 0.319 e.